The third-order valence-corrected chi connectivity index (χ3v) is 3.32. The van der Waals surface area contributed by atoms with Crippen molar-refractivity contribution >= 4 is 11.9 Å². The molecule has 2 heteroatoms. The van der Waals surface area contributed by atoms with Gasteiger partial charge in [-0.25, -0.2) is 0 Å². The average Bonchev–Trinajstić information content (AvgIpc) is 3.08. The molecule has 0 radical (unpaired) electrons. The molecule has 0 atom stereocenters. The van der Waals surface area contributed by atoms with Gasteiger partial charge in [0.05, 0.1) is 0 Å². The molecule has 0 saturated heterocycles. The Morgan fingerprint density at radius 1 is 0.857 bits per heavy atom. The lowest BCUT2D eigenvalue weighted by atomic mass is 10.0. The molecule has 1 heterocycles. The quantitative estimate of drug-likeness (QED) is 0.548. The molecule has 2 nitrogen and oxygen atoms in total. The predicted molar refractivity (Wildman–Crippen MR) is 86.0 cm³/mol. The van der Waals surface area contributed by atoms with E-state index < -0.39 is 0 Å². The molecule has 2 aromatic carbocycles. The second-order valence-corrected chi connectivity index (χ2v) is 4.73. The molecule has 0 unspecified atom stereocenters. The van der Waals surface area contributed by atoms with Crippen molar-refractivity contribution in [3.05, 3.63) is 90.1 Å². The second kappa shape index (κ2) is 6.06. The molecule has 0 fully saturated rings. The molecular formula is C19H15NO. The summed E-state index contributed by atoms with van der Waals surface area (Å²) in [5.41, 5.74) is 3.84. The molecule has 0 bridgehead atoms. The smallest absolute Gasteiger partial charge is 0.185 e. The summed E-state index contributed by atoms with van der Waals surface area (Å²) in [5.74, 6) is 0.0110. The highest BCUT2D eigenvalue weighted by molar-refractivity contribution is 6.07. The third-order valence-electron chi connectivity index (χ3n) is 3.32. The molecule has 0 aliphatic carbocycles. The summed E-state index contributed by atoms with van der Waals surface area (Å²) in [5, 5.41) is 0. The first kappa shape index (κ1) is 13.1. The van der Waals surface area contributed by atoms with Gasteiger partial charge in [0.15, 0.2) is 5.78 Å². The first-order valence-electron chi connectivity index (χ1n) is 6.85. The number of aromatic nitrogens is 1. The van der Waals surface area contributed by atoms with Crippen molar-refractivity contribution in [2.24, 2.45) is 0 Å². The highest BCUT2D eigenvalue weighted by Gasteiger charge is 2.04. The van der Waals surface area contributed by atoms with E-state index in [0.717, 1.165) is 16.8 Å². The van der Waals surface area contributed by atoms with E-state index in [9.17, 15) is 4.79 Å². The van der Waals surface area contributed by atoms with Crippen LogP contribution in [0.3, 0.4) is 0 Å². The Morgan fingerprint density at radius 3 is 2.38 bits per heavy atom. The van der Waals surface area contributed by atoms with Crippen molar-refractivity contribution in [2.45, 2.75) is 0 Å². The predicted octanol–water partition coefficient (Wildman–Crippen LogP) is 4.58. The Hall–Kier alpha value is -2.87. The van der Waals surface area contributed by atoms with Crippen molar-refractivity contribution in [3.63, 3.8) is 0 Å². The van der Waals surface area contributed by atoms with Crippen LogP contribution in [0.4, 0.5) is 0 Å². The lowest BCUT2D eigenvalue weighted by molar-refractivity contribution is 0.104. The summed E-state index contributed by atoms with van der Waals surface area (Å²) < 4.78 is 0. The molecule has 102 valence electrons. The molecule has 1 aromatic heterocycles. The van der Waals surface area contributed by atoms with Crippen LogP contribution in [0.25, 0.3) is 17.3 Å². The fourth-order valence-corrected chi connectivity index (χ4v) is 2.25. The highest BCUT2D eigenvalue weighted by Crippen LogP contribution is 2.23. The average molecular weight is 273 g/mol. The molecule has 1 N–H and O–H groups in total. The van der Waals surface area contributed by atoms with E-state index in [1.165, 1.54) is 0 Å². The maximum atomic E-state index is 12.1. The topological polar surface area (TPSA) is 32.9 Å². The molecule has 3 aromatic rings. The lowest BCUT2D eigenvalue weighted by Gasteiger charge is -2.03. The SMILES string of the molecule is O=C(C=Cc1ccccc1-c1ccc[nH]1)c1ccccc1. The van der Waals surface area contributed by atoms with Gasteiger partial charge in [-0.3, -0.25) is 4.79 Å². The summed E-state index contributed by atoms with van der Waals surface area (Å²) >= 11 is 0. The number of H-pyrrole nitrogens is 1. The Balaban J connectivity index is 1.89. The van der Waals surface area contributed by atoms with Gasteiger partial charge in [0.2, 0.25) is 0 Å². The Kier molecular flexibility index (Phi) is 3.79. The number of benzene rings is 2. The number of ketones is 1. The minimum atomic E-state index is 0.0110. The standard InChI is InChI=1S/C19H15NO/c21-19(16-8-2-1-3-9-16)13-12-15-7-4-5-10-17(15)18-11-6-14-20-18/h1-14,20H. The Morgan fingerprint density at radius 2 is 1.62 bits per heavy atom. The molecule has 0 saturated carbocycles. The maximum Gasteiger partial charge on any atom is 0.185 e. The van der Waals surface area contributed by atoms with Crippen LogP contribution in [0.1, 0.15) is 15.9 Å². The zero-order valence-electron chi connectivity index (χ0n) is 11.5. The number of aromatic amines is 1. The number of carbonyl (C=O) groups is 1. The van der Waals surface area contributed by atoms with E-state index in [1.54, 1.807) is 6.08 Å². The molecular weight excluding hydrogens is 258 g/mol. The van der Waals surface area contributed by atoms with Gasteiger partial charge in [-0.1, -0.05) is 60.7 Å². The van der Waals surface area contributed by atoms with E-state index >= 15 is 0 Å². The molecule has 3 rings (SSSR count). The lowest BCUT2D eigenvalue weighted by Crippen LogP contribution is -1.93. The molecule has 21 heavy (non-hydrogen) atoms. The van der Waals surface area contributed by atoms with Gasteiger partial charge in [-0.05, 0) is 23.8 Å². The van der Waals surface area contributed by atoms with E-state index in [-0.39, 0.29) is 5.78 Å². The largest absolute Gasteiger partial charge is 0.361 e. The van der Waals surface area contributed by atoms with Gasteiger partial charge in [-0.15, -0.1) is 0 Å². The number of rotatable bonds is 4. The summed E-state index contributed by atoms with van der Waals surface area (Å²) in [7, 11) is 0. The zero-order chi connectivity index (χ0) is 14.5. The number of hydrogen-bond donors (Lipinski definition) is 1. The van der Waals surface area contributed by atoms with Crippen LogP contribution in [0, 0.1) is 0 Å². The van der Waals surface area contributed by atoms with Gasteiger partial charge < -0.3 is 4.98 Å². The van der Waals surface area contributed by atoms with Crippen molar-refractivity contribution in [1.82, 2.24) is 4.98 Å². The van der Waals surface area contributed by atoms with Crippen LogP contribution in [0.15, 0.2) is 79.0 Å². The van der Waals surface area contributed by atoms with Crippen molar-refractivity contribution in [3.8, 4) is 11.3 Å². The molecule has 0 amide bonds. The van der Waals surface area contributed by atoms with Crippen molar-refractivity contribution in [1.29, 1.82) is 0 Å². The Bertz CT molecular complexity index is 755. The van der Waals surface area contributed by atoms with E-state index in [2.05, 4.69) is 4.98 Å². The minimum absolute atomic E-state index is 0.0110. The van der Waals surface area contributed by atoms with E-state index in [4.69, 9.17) is 0 Å². The van der Waals surface area contributed by atoms with Crippen LogP contribution >= 0.6 is 0 Å². The van der Waals surface area contributed by atoms with E-state index in [0.29, 0.717) is 5.56 Å². The zero-order valence-corrected chi connectivity index (χ0v) is 11.5. The van der Waals surface area contributed by atoms with Crippen molar-refractivity contribution < 1.29 is 4.79 Å². The van der Waals surface area contributed by atoms with E-state index in [1.807, 2.05) is 79.0 Å². The highest BCUT2D eigenvalue weighted by atomic mass is 16.1. The van der Waals surface area contributed by atoms with Gasteiger partial charge in [0.25, 0.3) is 0 Å². The third kappa shape index (κ3) is 3.00. The number of allylic oxidation sites excluding steroid dienone is 1. The number of carbonyl (C=O) groups excluding carboxylic acids is 1. The van der Waals surface area contributed by atoms with Gasteiger partial charge in [-0.2, -0.15) is 0 Å². The van der Waals surface area contributed by atoms with Gasteiger partial charge in [0, 0.05) is 23.0 Å². The van der Waals surface area contributed by atoms with Gasteiger partial charge >= 0.3 is 0 Å². The minimum Gasteiger partial charge on any atom is -0.361 e. The van der Waals surface area contributed by atoms with Crippen LogP contribution in [-0.2, 0) is 0 Å². The number of nitrogens with one attached hydrogen (secondary N) is 1. The first-order valence-corrected chi connectivity index (χ1v) is 6.85. The summed E-state index contributed by atoms with van der Waals surface area (Å²) in [6.07, 6.45) is 5.38. The fraction of sp³-hybridized carbons (Fsp3) is 0. The summed E-state index contributed by atoms with van der Waals surface area (Å²) in [4.78, 5) is 15.3. The van der Waals surface area contributed by atoms with Crippen LogP contribution < -0.4 is 0 Å². The maximum absolute atomic E-state index is 12.1. The van der Waals surface area contributed by atoms with Crippen molar-refractivity contribution in [2.75, 3.05) is 0 Å². The Labute approximate surface area is 123 Å². The van der Waals surface area contributed by atoms with Crippen LogP contribution in [-0.4, -0.2) is 10.8 Å². The van der Waals surface area contributed by atoms with Crippen LogP contribution in [0.2, 0.25) is 0 Å². The first-order chi connectivity index (χ1) is 10.3. The van der Waals surface area contributed by atoms with Gasteiger partial charge in [0.1, 0.15) is 0 Å². The normalized spacial score (nSPS) is 10.9. The second-order valence-electron chi connectivity index (χ2n) is 4.73. The summed E-state index contributed by atoms with van der Waals surface area (Å²) in [6.45, 7) is 0. The summed E-state index contributed by atoms with van der Waals surface area (Å²) in [6, 6.07) is 21.3. The number of hydrogen-bond acceptors (Lipinski definition) is 1. The molecule has 0 aliphatic heterocycles. The fourth-order valence-electron chi connectivity index (χ4n) is 2.25. The molecule has 0 aliphatic rings. The van der Waals surface area contributed by atoms with Crippen LogP contribution in [0.5, 0.6) is 0 Å². The molecule has 0 spiro atoms. The monoisotopic (exact) mass is 273 g/mol.